The zero-order valence-electron chi connectivity index (χ0n) is 13.0. The molecule has 5 nitrogen and oxygen atoms in total. The first-order valence-electron chi connectivity index (χ1n) is 6.88. The molecule has 0 saturated carbocycles. The molecule has 0 aliphatic heterocycles. The van der Waals surface area contributed by atoms with E-state index in [1.807, 2.05) is 0 Å². The van der Waals surface area contributed by atoms with Crippen LogP contribution in [0.15, 0.2) is 18.2 Å². The van der Waals surface area contributed by atoms with Gasteiger partial charge in [-0.3, -0.25) is 4.79 Å². The molecule has 1 aromatic carbocycles. The molecule has 0 aromatic heterocycles. The predicted octanol–water partition coefficient (Wildman–Crippen LogP) is 2.94. The van der Waals surface area contributed by atoms with Gasteiger partial charge in [0.15, 0.2) is 6.17 Å². The number of ether oxygens (including phenoxy) is 1. The number of hydrogen-bond acceptors (Lipinski definition) is 4. The predicted molar refractivity (Wildman–Crippen MR) is 83.2 cm³/mol. The van der Waals surface area contributed by atoms with Crippen molar-refractivity contribution in [2.45, 2.75) is 25.3 Å². The summed E-state index contributed by atoms with van der Waals surface area (Å²) in [5, 5.41) is -0.149. The molecule has 24 heavy (non-hydrogen) atoms. The minimum absolute atomic E-state index is 0.109. The molecule has 1 rings (SSSR count). The molecule has 0 heterocycles. The third-order valence-electron chi connectivity index (χ3n) is 3.09. The van der Waals surface area contributed by atoms with Crippen molar-refractivity contribution in [3.63, 3.8) is 0 Å². The van der Waals surface area contributed by atoms with Gasteiger partial charge in [-0.1, -0.05) is 23.7 Å². The topological polar surface area (TPSA) is 63.7 Å². The van der Waals surface area contributed by atoms with Gasteiger partial charge in [0.05, 0.1) is 12.4 Å². The minimum atomic E-state index is -3.89. The molecule has 1 unspecified atom stereocenters. The Bertz CT molecular complexity index is 685. The van der Waals surface area contributed by atoms with Crippen LogP contribution in [0.25, 0.3) is 0 Å². The lowest BCUT2D eigenvalue weighted by atomic mass is 10.1. The smallest absolute Gasteiger partial charge is 0.321 e. The molecule has 0 spiro atoms. The normalized spacial score (nSPS) is 13.3. The highest BCUT2D eigenvalue weighted by molar-refractivity contribution is 7.88. The van der Waals surface area contributed by atoms with Crippen LogP contribution in [-0.4, -0.2) is 45.3 Å². The van der Waals surface area contributed by atoms with Crippen LogP contribution in [0.3, 0.4) is 0 Å². The average Bonchev–Trinajstić information content (AvgIpc) is 2.48. The van der Waals surface area contributed by atoms with Gasteiger partial charge in [0.25, 0.3) is 6.43 Å². The lowest BCUT2D eigenvalue weighted by molar-refractivity contribution is -0.143. The number of alkyl halides is 3. The average molecular weight is 388 g/mol. The maximum absolute atomic E-state index is 13.3. The third kappa shape index (κ3) is 5.64. The standard InChI is InChI=1S/C14H17ClF3NO4S/c1-3-23-12(20)7-19(2)24(21,22)8-10-5-4-9(6-11(10)15)13(16)14(17)18/h4-6,13-14H,3,7-8H2,1-2H3. The number of carbonyl (C=O) groups excluding carboxylic acids is 1. The van der Waals surface area contributed by atoms with Crippen molar-refractivity contribution in [1.82, 2.24) is 4.31 Å². The Morgan fingerprint density at radius 2 is 1.96 bits per heavy atom. The maximum Gasteiger partial charge on any atom is 0.321 e. The quantitative estimate of drug-likeness (QED) is 0.643. The van der Waals surface area contributed by atoms with E-state index >= 15 is 0 Å². The first kappa shape index (κ1) is 20.7. The molecule has 1 aromatic rings. The van der Waals surface area contributed by atoms with Gasteiger partial charge in [-0.2, -0.15) is 4.31 Å². The van der Waals surface area contributed by atoms with Gasteiger partial charge in [-0.15, -0.1) is 0 Å². The highest BCUT2D eigenvalue weighted by Gasteiger charge is 2.25. The molecule has 0 N–H and O–H groups in total. The third-order valence-corrected chi connectivity index (χ3v) is 5.19. The van der Waals surface area contributed by atoms with Crippen LogP contribution < -0.4 is 0 Å². The lowest BCUT2D eigenvalue weighted by Crippen LogP contribution is -2.34. The minimum Gasteiger partial charge on any atom is -0.465 e. The summed E-state index contributed by atoms with van der Waals surface area (Å²) >= 11 is 5.86. The summed E-state index contributed by atoms with van der Waals surface area (Å²) in [7, 11) is -2.70. The van der Waals surface area contributed by atoms with Crippen LogP contribution in [0.2, 0.25) is 5.02 Å². The van der Waals surface area contributed by atoms with Crippen molar-refractivity contribution in [2.75, 3.05) is 20.2 Å². The summed E-state index contributed by atoms with van der Waals surface area (Å²) in [4.78, 5) is 11.3. The van der Waals surface area contributed by atoms with Crippen molar-refractivity contribution in [3.8, 4) is 0 Å². The molecule has 0 aliphatic carbocycles. The van der Waals surface area contributed by atoms with E-state index in [2.05, 4.69) is 4.74 Å². The van der Waals surface area contributed by atoms with Crippen LogP contribution in [0.5, 0.6) is 0 Å². The van der Waals surface area contributed by atoms with Gasteiger partial charge in [0, 0.05) is 12.1 Å². The molecule has 0 saturated heterocycles. The van der Waals surface area contributed by atoms with Crippen molar-refractivity contribution >= 4 is 27.6 Å². The number of sulfonamides is 1. The Hall–Kier alpha value is -1.32. The molecule has 0 fully saturated rings. The molecule has 136 valence electrons. The van der Waals surface area contributed by atoms with Crippen molar-refractivity contribution < 1.29 is 31.1 Å². The van der Waals surface area contributed by atoms with Crippen molar-refractivity contribution in [1.29, 1.82) is 0 Å². The molecule has 0 radical (unpaired) electrons. The van der Waals surface area contributed by atoms with Crippen molar-refractivity contribution in [2.24, 2.45) is 0 Å². The zero-order chi connectivity index (χ0) is 18.5. The fraction of sp³-hybridized carbons (Fsp3) is 0.500. The van der Waals surface area contributed by atoms with Crippen LogP contribution in [0.1, 0.15) is 24.2 Å². The number of rotatable bonds is 8. The first-order valence-corrected chi connectivity index (χ1v) is 8.87. The van der Waals surface area contributed by atoms with E-state index in [-0.39, 0.29) is 22.8 Å². The Balaban J connectivity index is 2.89. The van der Waals surface area contributed by atoms with E-state index in [0.717, 1.165) is 16.4 Å². The van der Waals surface area contributed by atoms with E-state index < -0.39 is 40.9 Å². The van der Waals surface area contributed by atoms with Crippen LogP contribution in [-0.2, 0) is 25.3 Å². The highest BCUT2D eigenvalue weighted by Crippen LogP contribution is 2.29. The van der Waals surface area contributed by atoms with E-state index in [0.29, 0.717) is 0 Å². The van der Waals surface area contributed by atoms with Gasteiger partial charge >= 0.3 is 5.97 Å². The number of likely N-dealkylation sites (N-methyl/N-ethyl adjacent to an activating group) is 1. The fourth-order valence-electron chi connectivity index (χ4n) is 1.79. The summed E-state index contributed by atoms with van der Waals surface area (Å²) in [5.74, 6) is -1.27. The summed E-state index contributed by atoms with van der Waals surface area (Å²) in [6, 6.07) is 3.19. The first-order chi connectivity index (χ1) is 11.1. The fourth-order valence-corrected chi connectivity index (χ4v) is 3.29. The molecular weight excluding hydrogens is 371 g/mol. The van der Waals surface area contributed by atoms with Gasteiger partial charge in [-0.25, -0.2) is 21.6 Å². The number of hydrogen-bond donors (Lipinski definition) is 0. The Morgan fingerprint density at radius 1 is 1.33 bits per heavy atom. The van der Waals surface area contributed by atoms with E-state index in [4.69, 9.17) is 11.6 Å². The lowest BCUT2D eigenvalue weighted by Gasteiger charge is -2.17. The van der Waals surface area contributed by atoms with Crippen LogP contribution in [0, 0.1) is 0 Å². The monoisotopic (exact) mass is 387 g/mol. The van der Waals surface area contributed by atoms with Crippen LogP contribution in [0.4, 0.5) is 13.2 Å². The molecule has 0 aliphatic rings. The Labute approximate surface area is 143 Å². The number of benzene rings is 1. The number of carbonyl (C=O) groups is 1. The second-order valence-corrected chi connectivity index (χ2v) is 7.39. The molecule has 1 atom stereocenters. The number of halogens is 4. The van der Waals surface area contributed by atoms with Gasteiger partial charge in [-0.05, 0) is 24.1 Å². The molecule has 10 heteroatoms. The van der Waals surface area contributed by atoms with Gasteiger partial charge in [0.1, 0.15) is 6.54 Å². The Morgan fingerprint density at radius 3 is 2.46 bits per heavy atom. The number of nitrogens with zero attached hydrogens (tertiary/aromatic N) is 1. The summed E-state index contributed by atoms with van der Waals surface area (Å²) in [6.45, 7) is 1.24. The maximum atomic E-state index is 13.3. The summed E-state index contributed by atoms with van der Waals surface area (Å²) < 4.78 is 67.8. The second-order valence-electron chi connectivity index (χ2n) is 4.90. The summed E-state index contributed by atoms with van der Waals surface area (Å²) in [5.41, 5.74) is -0.228. The molecule has 0 amide bonds. The van der Waals surface area contributed by atoms with E-state index in [9.17, 15) is 26.4 Å². The number of esters is 1. The summed E-state index contributed by atoms with van der Waals surface area (Å²) in [6.07, 6.45) is -5.70. The largest absolute Gasteiger partial charge is 0.465 e. The molecule has 0 bridgehead atoms. The SMILES string of the molecule is CCOC(=O)CN(C)S(=O)(=O)Cc1ccc(C(F)C(F)F)cc1Cl. The second kappa shape index (κ2) is 8.68. The van der Waals surface area contributed by atoms with Crippen LogP contribution >= 0.6 is 11.6 Å². The van der Waals surface area contributed by atoms with E-state index in [1.165, 1.54) is 13.1 Å². The van der Waals surface area contributed by atoms with Gasteiger partial charge in [0.2, 0.25) is 10.0 Å². The Kier molecular flexibility index (Phi) is 7.50. The van der Waals surface area contributed by atoms with Crippen molar-refractivity contribution in [3.05, 3.63) is 34.3 Å². The zero-order valence-corrected chi connectivity index (χ0v) is 14.6. The highest BCUT2D eigenvalue weighted by atomic mass is 35.5. The van der Waals surface area contributed by atoms with Gasteiger partial charge < -0.3 is 4.74 Å². The van der Waals surface area contributed by atoms with E-state index in [1.54, 1.807) is 6.92 Å². The molecular formula is C14H17ClF3NO4S.